The fraction of sp³-hybridized carbons (Fsp3) is 0.400. The van der Waals surface area contributed by atoms with Crippen LogP contribution >= 0.6 is 0 Å². The third-order valence-corrected chi connectivity index (χ3v) is 2.04. The van der Waals surface area contributed by atoms with E-state index in [2.05, 4.69) is 4.98 Å². The lowest BCUT2D eigenvalue weighted by atomic mass is 10.1. The van der Waals surface area contributed by atoms with Crippen LogP contribution in [0.25, 0.3) is 0 Å². The van der Waals surface area contributed by atoms with E-state index in [0.29, 0.717) is 0 Å². The maximum atomic E-state index is 12.6. The third-order valence-electron chi connectivity index (χ3n) is 2.04. The first-order valence-electron chi connectivity index (χ1n) is 4.69. The Hall–Kier alpha value is -1.72. The number of ether oxygens (including phenoxy) is 1. The van der Waals surface area contributed by atoms with Crippen molar-refractivity contribution >= 4 is 11.8 Å². The average molecular weight is 230 g/mol. The van der Waals surface area contributed by atoms with E-state index in [-0.39, 0.29) is 29.2 Å². The normalized spacial score (nSPS) is 10.6. The number of esters is 1. The van der Waals surface area contributed by atoms with Gasteiger partial charge in [-0.05, 0) is 25.5 Å². The molecule has 0 saturated heterocycles. The summed E-state index contributed by atoms with van der Waals surface area (Å²) in [7, 11) is 0. The summed E-state index contributed by atoms with van der Waals surface area (Å²) in [4.78, 5) is 15.1. The van der Waals surface area contributed by atoms with Gasteiger partial charge in [-0.3, -0.25) is 0 Å². The van der Waals surface area contributed by atoms with E-state index in [9.17, 15) is 13.6 Å². The molecule has 0 aliphatic carbocycles. The van der Waals surface area contributed by atoms with Crippen molar-refractivity contribution in [1.82, 2.24) is 4.98 Å². The summed E-state index contributed by atoms with van der Waals surface area (Å²) in [5.74, 6) is -0.863. The SMILES string of the molecule is CCOC(=O)c1nc(N)cc(C(F)F)c1C. The molecule has 0 fully saturated rings. The average Bonchev–Trinajstić information content (AvgIpc) is 2.20. The molecule has 0 aromatic carbocycles. The Kier molecular flexibility index (Phi) is 3.76. The van der Waals surface area contributed by atoms with Gasteiger partial charge < -0.3 is 10.5 Å². The van der Waals surface area contributed by atoms with E-state index in [1.165, 1.54) is 6.92 Å². The molecule has 2 N–H and O–H groups in total. The maximum absolute atomic E-state index is 12.6. The number of halogens is 2. The molecule has 0 bridgehead atoms. The van der Waals surface area contributed by atoms with Gasteiger partial charge in [-0.1, -0.05) is 0 Å². The van der Waals surface area contributed by atoms with Crippen LogP contribution in [0.4, 0.5) is 14.6 Å². The fourth-order valence-electron chi connectivity index (χ4n) is 1.27. The summed E-state index contributed by atoms with van der Waals surface area (Å²) in [6, 6.07) is 1.06. The van der Waals surface area contributed by atoms with Gasteiger partial charge in [0.15, 0.2) is 5.69 Å². The highest BCUT2D eigenvalue weighted by Gasteiger charge is 2.20. The van der Waals surface area contributed by atoms with Crippen molar-refractivity contribution in [3.63, 3.8) is 0 Å². The first-order chi connectivity index (χ1) is 7.47. The minimum atomic E-state index is -2.70. The van der Waals surface area contributed by atoms with E-state index in [4.69, 9.17) is 10.5 Å². The van der Waals surface area contributed by atoms with Crippen LogP contribution in [0.15, 0.2) is 6.07 Å². The molecule has 88 valence electrons. The molecule has 0 unspecified atom stereocenters. The lowest BCUT2D eigenvalue weighted by Crippen LogP contribution is -2.12. The number of nitrogen functional groups attached to an aromatic ring is 1. The van der Waals surface area contributed by atoms with Gasteiger partial charge in [0.25, 0.3) is 6.43 Å². The molecule has 0 atom stereocenters. The van der Waals surface area contributed by atoms with Crippen LogP contribution in [-0.4, -0.2) is 17.6 Å². The molecular weight excluding hydrogens is 218 g/mol. The second kappa shape index (κ2) is 4.87. The van der Waals surface area contributed by atoms with Gasteiger partial charge in [-0.25, -0.2) is 18.6 Å². The van der Waals surface area contributed by atoms with Crippen LogP contribution in [-0.2, 0) is 4.74 Å². The summed E-state index contributed by atoms with van der Waals surface area (Å²) in [6.45, 7) is 3.16. The monoisotopic (exact) mass is 230 g/mol. The van der Waals surface area contributed by atoms with Crippen LogP contribution < -0.4 is 5.73 Å². The Morgan fingerprint density at radius 1 is 1.62 bits per heavy atom. The molecule has 6 heteroatoms. The van der Waals surface area contributed by atoms with Gasteiger partial charge in [-0.2, -0.15) is 0 Å². The molecule has 4 nitrogen and oxygen atoms in total. The second-order valence-corrected chi connectivity index (χ2v) is 3.13. The van der Waals surface area contributed by atoms with Crippen LogP contribution in [0.1, 0.15) is 35.0 Å². The van der Waals surface area contributed by atoms with Crippen LogP contribution in [0, 0.1) is 6.92 Å². The third kappa shape index (κ3) is 2.44. The second-order valence-electron chi connectivity index (χ2n) is 3.13. The van der Waals surface area contributed by atoms with Crippen molar-refractivity contribution in [3.8, 4) is 0 Å². The molecule has 0 saturated carbocycles. The zero-order valence-electron chi connectivity index (χ0n) is 8.96. The van der Waals surface area contributed by atoms with Crippen molar-refractivity contribution in [3.05, 3.63) is 22.9 Å². The van der Waals surface area contributed by atoms with Crippen LogP contribution in [0.3, 0.4) is 0 Å². The number of aromatic nitrogens is 1. The largest absolute Gasteiger partial charge is 0.461 e. The number of hydrogen-bond donors (Lipinski definition) is 1. The molecule has 16 heavy (non-hydrogen) atoms. The van der Waals surface area contributed by atoms with Crippen molar-refractivity contribution in [2.45, 2.75) is 20.3 Å². The van der Waals surface area contributed by atoms with Gasteiger partial charge in [0, 0.05) is 5.56 Å². The number of nitrogens with zero attached hydrogens (tertiary/aromatic N) is 1. The zero-order chi connectivity index (χ0) is 12.3. The van der Waals surface area contributed by atoms with Crippen LogP contribution in [0.2, 0.25) is 0 Å². The van der Waals surface area contributed by atoms with Gasteiger partial charge in [-0.15, -0.1) is 0 Å². The summed E-state index contributed by atoms with van der Waals surface area (Å²) in [5.41, 5.74) is 5.00. The summed E-state index contributed by atoms with van der Waals surface area (Å²) < 4.78 is 29.9. The van der Waals surface area contributed by atoms with Gasteiger partial charge >= 0.3 is 5.97 Å². The molecular formula is C10H12F2N2O2. The molecule has 0 aliphatic rings. The number of anilines is 1. The first-order valence-corrected chi connectivity index (χ1v) is 4.69. The highest BCUT2D eigenvalue weighted by atomic mass is 19.3. The minimum absolute atomic E-state index is 0.0997. The molecule has 0 spiro atoms. The maximum Gasteiger partial charge on any atom is 0.357 e. The number of pyridine rings is 1. The Morgan fingerprint density at radius 2 is 2.25 bits per heavy atom. The zero-order valence-corrected chi connectivity index (χ0v) is 8.96. The highest BCUT2D eigenvalue weighted by Crippen LogP contribution is 2.26. The lowest BCUT2D eigenvalue weighted by molar-refractivity contribution is 0.0518. The smallest absolute Gasteiger partial charge is 0.357 e. The minimum Gasteiger partial charge on any atom is -0.461 e. The van der Waals surface area contributed by atoms with E-state index < -0.39 is 12.4 Å². The summed E-state index contributed by atoms with van der Waals surface area (Å²) >= 11 is 0. The van der Waals surface area contributed by atoms with E-state index in [1.54, 1.807) is 6.92 Å². The lowest BCUT2D eigenvalue weighted by Gasteiger charge is -2.10. The highest BCUT2D eigenvalue weighted by molar-refractivity contribution is 5.89. The first kappa shape index (κ1) is 12.4. The molecule has 0 radical (unpaired) electrons. The fourth-order valence-corrected chi connectivity index (χ4v) is 1.27. The molecule has 0 amide bonds. The van der Waals surface area contributed by atoms with Gasteiger partial charge in [0.1, 0.15) is 5.82 Å². The van der Waals surface area contributed by atoms with E-state index in [1.807, 2.05) is 0 Å². The topological polar surface area (TPSA) is 65.2 Å². The Bertz CT molecular complexity index is 408. The number of alkyl halides is 2. The summed E-state index contributed by atoms with van der Waals surface area (Å²) in [5, 5.41) is 0. The number of nitrogens with two attached hydrogens (primary N) is 1. The van der Waals surface area contributed by atoms with E-state index >= 15 is 0 Å². The quantitative estimate of drug-likeness (QED) is 0.807. The number of hydrogen-bond acceptors (Lipinski definition) is 4. The Balaban J connectivity index is 3.24. The Labute approximate surface area is 91.4 Å². The van der Waals surface area contributed by atoms with Crippen molar-refractivity contribution in [2.24, 2.45) is 0 Å². The number of carbonyl (C=O) groups excluding carboxylic acids is 1. The van der Waals surface area contributed by atoms with E-state index in [0.717, 1.165) is 6.07 Å². The van der Waals surface area contributed by atoms with Crippen molar-refractivity contribution in [1.29, 1.82) is 0 Å². The van der Waals surface area contributed by atoms with Gasteiger partial charge in [0.2, 0.25) is 0 Å². The van der Waals surface area contributed by atoms with Crippen LogP contribution in [0.5, 0.6) is 0 Å². The number of rotatable bonds is 3. The molecule has 1 aromatic heterocycles. The molecule has 1 rings (SSSR count). The molecule has 1 heterocycles. The standard InChI is InChI=1S/C10H12F2N2O2/c1-3-16-10(15)8-5(2)6(9(11)12)4-7(13)14-8/h4,9H,3H2,1-2H3,(H2,13,14). The molecule has 0 aliphatic heterocycles. The van der Waals surface area contributed by atoms with Gasteiger partial charge in [0.05, 0.1) is 6.61 Å². The number of carbonyl (C=O) groups is 1. The predicted molar refractivity (Wildman–Crippen MR) is 54.3 cm³/mol. The van der Waals surface area contributed by atoms with Crippen molar-refractivity contribution < 1.29 is 18.3 Å². The predicted octanol–water partition coefficient (Wildman–Crippen LogP) is 2.09. The molecule has 1 aromatic rings. The Morgan fingerprint density at radius 3 is 2.75 bits per heavy atom. The van der Waals surface area contributed by atoms with Crippen molar-refractivity contribution in [2.75, 3.05) is 12.3 Å². The summed E-state index contributed by atoms with van der Waals surface area (Å²) in [6.07, 6.45) is -2.70.